The number of rotatable bonds is 4. The molecule has 0 bridgehead atoms. The number of hydrogen-bond donors (Lipinski definition) is 1. The van der Waals surface area contributed by atoms with E-state index >= 15 is 0 Å². The number of halogens is 1. The molecule has 0 atom stereocenters. The largest absolute Gasteiger partial charge is 0.477 e. The average molecular weight is 291 g/mol. The predicted molar refractivity (Wildman–Crippen MR) is 74.7 cm³/mol. The monoisotopic (exact) mass is 291 g/mol. The van der Waals surface area contributed by atoms with Crippen LogP contribution in [0.5, 0.6) is 0 Å². The molecule has 0 fully saturated rings. The molecule has 1 aromatic heterocycles. The van der Waals surface area contributed by atoms with E-state index in [9.17, 15) is 14.0 Å². The standard InChI is InChI=1S/C15H14FNO4/c1-17-7-11(15(19)20)14(18)13(12(17)8-21-2)9-3-5-10(16)6-4-9/h3-7H,8H2,1-2H3,(H,19,20). The van der Waals surface area contributed by atoms with Crippen LogP contribution in [0.2, 0.25) is 0 Å². The highest BCUT2D eigenvalue weighted by Crippen LogP contribution is 2.22. The number of ether oxygens (including phenoxy) is 1. The van der Waals surface area contributed by atoms with Crippen molar-refractivity contribution in [1.29, 1.82) is 0 Å². The minimum atomic E-state index is -1.30. The predicted octanol–water partition coefficient (Wildman–Crippen LogP) is 2.04. The van der Waals surface area contributed by atoms with Gasteiger partial charge < -0.3 is 14.4 Å². The third-order valence-corrected chi connectivity index (χ3v) is 3.15. The Labute approximate surface area is 120 Å². The third kappa shape index (κ3) is 2.85. The fraction of sp³-hybridized carbons (Fsp3) is 0.200. The van der Waals surface area contributed by atoms with Gasteiger partial charge in [-0.15, -0.1) is 0 Å². The number of hydrogen-bond acceptors (Lipinski definition) is 3. The molecule has 0 unspecified atom stereocenters. The van der Waals surface area contributed by atoms with Gasteiger partial charge in [0.15, 0.2) is 0 Å². The van der Waals surface area contributed by atoms with Crippen LogP contribution in [0.25, 0.3) is 11.1 Å². The Bertz CT molecular complexity index is 735. The summed E-state index contributed by atoms with van der Waals surface area (Å²) in [5.41, 5.74) is 0.237. The van der Waals surface area contributed by atoms with Crippen molar-refractivity contribution in [3.8, 4) is 11.1 Å². The molecule has 0 saturated heterocycles. The van der Waals surface area contributed by atoms with Gasteiger partial charge in [-0.05, 0) is 17.7 Å². The Morgan fingerprint density at radius 1 is 1.33 bits per heavy atom. The van der Waals surface area contributed by atoms with Crippen molar-refractivity contribution >= 4 is 5.97 Å². The molecule has 0 spiro atoms. The fourth-order valence-corrected chi connectivity index (χ4v) is 2.15. The number of aromatic carboxylic acids is 1. The van der Waals surface area contributed by atoms with Crippen LogP contribution in [-0.4, -0.2) is 22.8 Å². The number of pyridine rings is 1. The zero-order valence-electron chi connectivity index (χ0n) is 11.6. The van der Waals surface area contributed by atoms with Gasteiger partial charge in [0.2, 0.25) is 5.43 Å². The van der Waals surface area contributed by atoms with Crippen molar-refractivity contribution in [3.63, 3.8) is 0 Å². The molecular weight excluding hydrogens is 277 g/mol. The van der Waals surface area contributed by atoms with Crippen molar-refractivity contribution < 1.29 is 19.0 Å². The number of carboxylic acids is 1. The Morgan fingerprint density at radius 2 is 1.95 bits per heavy atom. The van der Waals surface area contributed by atoms with Gasteiger partial charge >= 0.3 is 5.97 Å². The maximum Gasteiger partial charge on any atom is 0.341 e. The Balaban J connectivity index is 2.79. The van der Waals surface area contributed by atoms with E-state index in [1.165, 1.54) is 42.1 Å². The highest BCUT2D eigenvalue weighted by atomic mass is 19.1. The normalized spacial score (nSPS) is 10.6. The van der Waals surface area contributed by atoms with Crippen LogP contribution in [0.4, 0.5) is 4.39 Å². The molecule has 5 nitrogen and oxygen atoms in total. The van der Waals surface area contributed by atoms with E-state index in [0.717, 1.165) is 0 Å². The molecule has 6 heteroatoms. The van der Waals surface area contributed by atoms with E-state index < -0.39 is 17.2 Å². The minimum Gasteiger partial charge on any atom is -0.477 e. The molecule has 0 aliphatic heterocycles. The molecule has 0 saturated carbocycles. The van der Waals surface area contributed by atoms with Crippen LogP contribution in [0.15, 0.2) is 35.3 Å². The quantitative estimate of drug-likeness (QED) is 0.936. The highest BCUT2D eigenvalue weighted by Gasteiger charge is 2.19. The van der Waals surface area contributed by atoms with Crippen LogP contribution in [-0.2, 0) is 18.4 Å². The summed E-state index contributed by atoms with van der Waals surface area (Å²) < 4.78 is 19.6. The Hall–Kier alpha value is -2.47. The first kappa shape index (κ1) is 14.9. The summed E-state index contributed by atoms with van der Waals surface area (Å²) in [5.74, 6) is -1.74. The van der Waals surface area contributed by atoms with Gasteiger partial charge in [-0.1, -0.05) is 12.1 Å². The van der Waals surface area contributed by atoms with E-state index in [4.69, 9.17) is 9.84 Å². The highest BCUT2D eigenvalue weighted by molar-refractivity contribution is 5.89. The summed E-state index contributed by atoms with van der Waals surface area (Å²) in [6.45, 7) is 0.137. The first-order chi connectivity index (χ1) is 9.95. The average Bonchev–Trinajstić information content (AvgIpc) is 2.44. The van der Waals surface area contributed by atoms with Crippen LogP contribution < -0.4 is 5.43 Å². The summed E-state index contributed by atoms with van der Waals surface area (Å²) in [6, 6.07) is 5.32. The van der Waals surface area contributed by atoms with Gasteiger partial charge in [-0.3, -0.25) is 4.79 Å². The lowest BCUT2D eigenvalue weighted by molar-refractivity contribution is 0.0694. The van der Waals surface area contributed by atoms with Gasteiger partial charge in [0.25, 0.3) is 0 Å². The van der Waals surface area contributed by atoms with Gasteiger partial charge in [0.05, 0.1) is 17.9 Å². The second-order valence-corrected chi connectivity index (χ2v) is 4.55. The molecule has 0 amide bonds. The molecule has 2 rings (SSSR count). The first-order valence-corrected chi connectivity index (χ1v) is 6.16. The summed E-state index contributed by atoms with van der Waals surface area (Å²) >= 11 is 0. The van der Waals surface area contributed by atoms with Crippen molar-refractivity contribution in [1.82, 2.24) is 4.57 Å². The van der Waals surface area contributed by atoms with Gasteiger partial charge in [-0.25, -0.2) is 9.18 Å². The summed E-state index contributed by atoms with van der Waals surface area (Å²) in [6.07, 6.45) is 1.26. The van der Waals surface area contributed by atoms with Crippen LogP contribution in [0.1, 0.15) is 16.1 Å². The molecule has 0 aliphatic rings. The van der Waals surface area contributed by atoms with Crippen molar-refractivity contribution in [2.45, 2.75) is 6.61 Å². The van der Waals surface area contributed by atoms with Gasteiger partial charge in [0, 0.05) is 20.4 Å². The SMILES string of the molecule is COCc1c(-c2ccc(F)cc2)c(=O)c(C(=O)O)cn1C. The van der Waals surface area contributed by atoms with E-state index in [1.807, 2.05) is 0 Å². The topological polar surface area (TPSA) is 68.5 Å². The van der Waals surface area contributed by atoms with Crippen molar-refractivity contribution in [2.24, 2.45) is 7.05 Å². The Kier molecular flexibility index (Phi) is 4.18. The molecule has 21 heavy (non-hydrogen) atoms. The molecule has 1 N–H and O–H groups in total. The van der Waals surface area contributed by atoms with Crippen molar-refractivity contribution in [3.05, 3.63) is 57.8 Å². The number of aryl methyl sites for hydroxylation is 1. The zero-order valence-corrected chi connectivity index (χ0v) is 11.6. The summed E-state index contributed by atoms with van der Waals surface area (Å²) in [5, 5.41) is 9.12. The first-order valence-electron chi connectivity index (χ1n) is 6.16. The maximum absolute atomic E-state index is 13.0. The lowest BCUT2D eigenvalue weighted by Crippen LogP contribution is -2.22. The molecular formula is C15H14FNO4. The van der Waals surface area contributed by atoms with Gasteiger partial charge in [0.1, 0.15) is 11.4 Å². The minimum absolute atomic E-state index is 0.137. The van der Waals surface area contributed by atoms with Crippen LogP contribution in [0.3, 0.4) is 0 Å². The fourth-order valence-electron chi connectivity index (χ4n) is 2.15. The molecule has 0 radical (unpaired) electrons. The molecule has 2 aromatic rings. The number of benzene rings is 1. The van der Waals surface area contributed by atoms with Crippen LogP contribution in [0, 0.1) is 5.82 Å². The van der Waals surface area contributed by atoms with Crippen LogP contribution >= 0.6 is 0 Å². The van der Waals surface area contributed by atoms with Gasteiger partial charge in [-0.2, -0.15) is 0 Å². The molecule has 1 heterocycles. The van der Waals surface area contributed by atoms with E-state index in [1.54, 1.807) is 7.05 Å². The smallest absolute Gasteiger partial charge is 0.341 e. The maximum atomic E-state index is 13.0. The Morgan fingerprint density at radius 3 is 2.48 bits per heavy atom. The lowest BCUT2D eigenvalue weighted by Gasteiger charge is -2.15. The number of aromatic nitrogens is 1. The summed E-state index contributed by atoms with van der Waals surface area (Å²) in [4.78, 5) is 23.6. The number of carbonyl (C=O) groups is 1. The second kappa shape index (κ2) is 5.88. The number of methoxy groups -OCH3 is 1. The number of nitrogens with zero attached hydrogens (tertiary/aromatic N) is 1. The number of carboxylic acid groups (broad SMARTS) is 1. The van der Waals surface area contributed by atoms with Crippen molar-refractivity contribution in [2.75, 3.05) is 7.11 Å². The molecule has 1 aromatic carbocycles. The van der Waals surface area contributed by atoms with E-state index in [2.05, 4.69) is 0 Å². The molecule has 0 aliphatic carbocycles. The molecule has 110 valence electrons. The third-order valence-electron chi connectivity index (χ3n) is 3.15. The zero-order chi connectivity index (χ0) is 15.6. The lowest BCUT2D eigenvalue weighted by atomic mass is 10.0. The van der Waals surface area contributed by atoms with E-state index in [0.29, 0.717) is 11.3 Å². The van der Waals surface area contributed by atoms with E-state index in [-0.39, 0.29) is 17.7 Å². The second-order valence-electron chi connectivity index (χ2n) is 4.55. The summed E-state index contributed by atoms with van der Waals surface area (Å²) in [7, 11) is 3.11.